The minimum absolute atomic E-state index is 0.186. The zero-order valence-corrected chi connectivity index (χ0v) is 22.7. The molecule has 0 bridgehead atoms. The lowest BCUT2D eigenvalue weighted by Gasteiger charge is -2.44. The lowest BCUT2D eigenvalue weighted by atomic mass is 9.93. The number of carbonyl (C=O) groups is 2. The van der Waals surface area contributed by atoms with Crippen molar-refractivity contribution in [1.82, 2.24) is 14.8 Å². The summed E-state index contributed by atoms with van der Waals surface area (Å²) < 4.78 is 18.4. The first-order chi connectivity index (χ1) is 18.9. The molecule has 1 aliphatic heterocycles. The molecule has 1 aromatic heterocycles. The van der Waals surface area contributed by atoms with Crippen LogP contribution in [-0.2, 0) is 24.3 Å². The first-order valence-electron chi connectivity index (χ1n) is 12.9. The van der Waals surface area contributed by atoms with Gasteiger partial charge in [0.05, 0.1) is 27.9 Å². The molecule has 0 saturated carbocycles. The SMILES string of the molecule is COc1ccc(OC)c(CCN2C(=O)c3cc4ccccc4n3C[C@@]2(C)C(=O)NCc2ccccc2OC)c1. The number of fused-ring (bicyclic) bond motifs is 3. The molecule has 0 unspecified atom stereocenters. The Morgan fingerprint density at radius 2 is 1.62 bits per heavy atom. The van der Waals surface area contributed by atoms with Gasteiger partial charge < -0.3 is 29.0 Å². The number of carbonyl (C=O) groups excluding carboxylic acids is 2. The first-order valence-corrected chi connectivity index (χ1v) is 12.9. The Morgan fingerprint density at radius 1 is 0.897 bits per heavy atom. The predicted octanol–water partition coefficient (Wildman–Crippen LogP) is 4.44. The van der Waals surface area contributed by atoms with Crippen LogP contribution in [0.3, 0.4) is 0 Å². The Hall–Kier alpha value is -4.46. The number of hydrogen-bond donors (Lipinski definition) is 1. The highest BCUT2D eigenvalue weighted by Crippen LogP contribution is 2.33. The highest BCUT2D eigenvalue weighted by Gasteiger charge is 2.47. The Kier molecular flexibility index (Phi) is 7.19. The molecule has 8 heteroatoms. The van der Waals surface area contributed by atoms with E-state index in [0.717, 1.165) is 22.0 Å². The molecule has 1 N–H and O–H groups in total. The van der Waals surface area contributed by atoms with Gasteiger partial charge in [0.15, 0.2) is 0 Å². The maximum absolute atomic E-state index is 14.0. The molecule has 2 amide bonds. The van der Waals surface area contributed by atoms with Crippen molar-refractivity contribution in [2.75, 3.05) is 27.9 Å². The van der Waals surface area contributed by atoms with Crippen LogP contribution >= 0.6 is 0 Å². The van der Waals surface area contributed by atoms with E-state index in [0.29, 0.717) is 42.5 Å². The second kappa shape index (κ2) is 10.7. The van der Waals surface area contributed by atoms with E-state index in [1.165, 1.54) is 0 Å². The fourth-order valence-corrected chi connectivity index (χ4v) is 5.38. The van der Waals surface area contributed by atoms with Crippen molar-refractivity contribution in [3.8, 4) is 17.2 Å². The lowest BCUT2D eigenvalue weighted by molar-refractivity contribution is -0.133. The first kappa shape index (κ1) is 26.2. The smallest absolute Gasteiger partial charge is 0.271 e. The second-order valence-corrected chi connectivity index (χ2v) is 9.83. The van der Waals surface area contributed by atoms with Crippen molar-refractivity contribution in [2.45, 2.75) is 32.0 Å². The molecule has 0 fully saturated rings. The maximum Gasteiger partial charge on any atom is 0.271 e. The zero-order chi connectivity index (χ0) is 27.6. The molecular weight excluding hydrogens is 494 g/mol. The third kappa shape index (κ3) is 4.78. The molecule has 202 valence electrons. The minimum atomic E-state index is -1.14. The number of nitrogens with zero attached hydrogens (tertiary/aromatic N) is 2. The maximum atomic E-state index is 14.0. The average molecular weight is 528 g/mol. The normalized spacial score (nSPS) is 16.6. The summed E-state index contributed by atoms with van der Waals surface area (Å²) in [4.78, 5) is 29.7. The number of aromatic nitrogens is 1. The number of rotatable bonds is 9. The van der Waals surface area contributed by atoms with Gasteiger partial charge in [-0.3, -0.25) is 9.59 Å². The lowest BCUT2D eigenvalue weighted by Crippen LogP contribution is -2.64. The predicted molar refractivity (Wildman–Crippen MR) is 149 cm³/mol. The van der Waals surface area contributed by atoms with E-state index in [1.807, 2.05) is 84.3 Å². The molecule has 8 nitrogen and oxygen atoms in total. The molecule has 5 rings (SSSR count). The van der Waals surface area contributed by atoms with Gasteiger partial charge >= 0.3 is 0 Å². The molecule has 39 heavy (non-hydrogen) atoms. The van der Waals surface area contributed by atoms with Gasteiger partial charge in [0.25, 0.3) is 5.91 Å². The largest absolute Gasteiger partial charge is 0.497 e. The van der Waals surface area contributed by atoms with Crippen molar-refractivity contribution in [1.29, 1.82) is 0 Å². The van der Waals surface area contributed by atoms with Crippen LogP contribution in [0, 0.1) is 0 Å². The highest BCUT2D eigenvalue weighted by atomic mass is 16.5. The Balaban J connectivity index is 1.49. The summed E-state index contributed by atoms with van der Waals surface area (Å²) in [6.07, 6.45) is 0.488. The molecule has 4 aromatic rings. The Bertz CT molecular complexity index is 1530. The zero-order valence-electron chi connectivity index (χ0n) is 22.7. The van der Waals surface area contributed by atoms with Gasteiger partial charge in [-0.25, -0.2) is 0 Å². The second-order valence-electron chi connectivity index (χ2n) is 9.83. The van der Waals surface area contributed by atoms with Crippen LogP contribution in [0.5, 0.6) is 17.2 Å². The van der Waals surface area contributed by atoms with Gasteiger partial charge in [-0.1, -0.05) is 36.4 Å². The number of methoxy groups -OCH3 is 3. The molecule has 1 aliphatic rings. The number of hydrogen-bond acceptors (Lipinski definition) is 5. The molecule has 0 spiro atoms. The van der Waals surface area contributed by atoms with E-state index in [4.69, 9.17) is 14.2 Å². The minimum Gasteiger partial charge on any atom is -0.497 e. The van der Waals surface area contributed by atoms with E-state index in [2.05, 4.69) is 5.32 Å². The van der Waals surface area contributed by atoms with Crippen LogP contribution in [0.25, 0.3) is 10.9 Å². The van der Waals surface area contributed by atoms with E-state index in [-0.39, 0.29) is 18.4 Å². The van der Waals surface area contributed by atoms with Crippen molar-refractivity contribution in [3.05, 3.63) is 89.6 Å². The highest BCUT2D eigenvalue weighted by molar-refractivity contribution is 6.03. The Labute approximate surface area is 228 Å². The fourth-order valence-electron chi connectivity index (χ4n) is 5.38. The Morgan fingerprint density at radius 3 is 2.38 bits per heavy atom. The third-order valence-corrected chi connectivity index (χ3v) is 7.55. The number of amides is 2. The summed E-state index contributed by atoms with van der Waals surface area (Å²) in [6, 6.07) is 22.9. The van der Waals surface area contributed by atoms with Crippen molar-refractivity contribution >= 4 is 22.7 Å². The number of ether oxygens (including phenoxy) is 3. The van der Waals surface area contributed by atoms with E-state index in [1.54, 1.807) is 26.2 Å². The van der Waals surface area contributed by atoms with Gasteiger partial charge in [-0.15, -0.1) is 0 Å². The monoisotopic (exact) mass is 527 g/mol. The third-order valence-electron chi connectivity index (χ3n) is 7.55. The molecule has 2 heterocycles. The molecule has 0 aliphatic carbocycles. The average Bonchev–Trinajstić information content (AvgIpc) is 3.34. The van der Waals surface area contributed by atoms with Gasteiger partial charge in [0.2, 0.25) is 5.91 Å². The van der Waals surface area contributed by atoms with Gasteiger partial charge in [0.1, 0.15) is 28.5 Å². The van der Waals surface area contributed by atoms with E-state index < -0.39 is 5.54 Å². The van der Waals surface area contributed by atoms with Crippen LogP contribution in [0.15, 0.2) is 72.8 Å². The van der Waals surface area contributed by atoms with Crippen LogP contribution in [0.4, 0.5) is 0 Å². The van der Waals surface area contributed by atoms with E-state index in [9.17, 15) is 9.59 Å². The van der Waals surface area contributed by atoms with Crippen LogP contribution in [0.1, 0.15) is 28.5 Å². The molecule has 3 aromatic carbocycles. The quantitative estimate of drug-likeness (QED) is 0.348. The van der Waals surface area contributed by atoms with Gasteiger partial charge in [-0.05, 0) is 55.3 Å². The molecule has 0 radical (unpaired) electrons. The molecule has 0 saturated heterocycles. The van der Waals surface area contributed by atoms with E-state index >= 15 is 0 Å². The van der Waals surface area contributed by atoms with Crippen molar-refractivity contribution in [3.63, 3.8) is 0 Å². The summed E-state index contributed by atoms with van der Waals surface area (Å²) >= 11 is 0. The number of benzene rings is 3. The van der Waals surface area contributed by atoms with Crippen molar-refractivity contribution in [2.24, 2.45) is 0 Å². The van der Waals surface area contributed by atoms with Crippen LogP contribution < -0.4 is 19.5 Å². The van der Waals surface area contributed by atoms with Crippen LogP contribution in [-0.4, -0.2) is 54.7 Å². The summed E-state index contributed by atoms with van der Waals surface area (Å²) in [6.45, 7) is 2.77. The standard InChI is InChI=1S/C31H33N3O5/c1-31(30(36)32-19-23-10-6-8-12-27(23)38-3)20-33-25-11-7-5-9-21(25)18-26(33)29(35)34(31)16-15-22-17-24(37-2)13-14-28(22)39-4/h5-14,17-18H,15-16,19-20H2,1-4H3,(H,32,36)/t31-/m0/s1. The molecular formula is C31H33N3O5. The number of para-hydroxylation sites is 2. The number of nitrogens with one attached hydrogen (secondary N) is 1. The van der Waals surface area contributed by atoms with Gasteiger partial charge in [0, 0.05) is 29.6 Å². The molecule has 1 atom stereocenters. The summed E-state index contributed by atoms with van der Waals surface area (Å²) in [5, 5.41) is 4.04. The van der Waals surface area contributed by atoms with Crippen molar-refractivity contribution < 1.29 is 23.8 Å². The fraction of sp³-hybridized carbons (Fsp3) is 0.290. The van der Waals surface area contributed by atoms with Gasteiger partial charge in [-0.2, -0.15) is 0 Å². The topological polar surface area (TPSA) is 82.0 Å². The van der Waals surface area contributed by atoms with Crippen LogP contribution in [0.2, 0.25) is 0 Å². The summed E-state index contributed by atoms with van der Waals surface area (Å²) in [5.74, 6) is 1.69. The summed E-state index contributed by atoms with van der Waals surface area (Å²) in [5.41, 5.74) is 2.12. The summed E-state index contributed by atoms with van der Waals surface area (Å²) in [7, 11) is 4.84.